The summed E-state index contributed by atoms with van der Waals surface area (Å²) in [6, 6.07) is 0. The van der Waals surface area contributed by atoms with Crippen LogP contribution in [0.25, 0.3) is 0 Å². The molecule has 0 aliphatic carbocycles. The first kappa shape index (κ1) is 17.5. The molecule has 0 bridgehead atoms. The highest BCUT2D eigenvalue weighted by molar-refractivity contribution is 5.81. The van der Waals surface area contributed by atoms with Crippen molar-refractivity contribution in [1.29, 1.82) is 0 Å². The smallest absolute Gasteiger partial charge is 0.305 e. The lowest BCUT2D eigenvalue weighted by Crippen LogP contribution is -2.45. The Morgan fingerprint density at radius 1 is 1.24 bits per heavy atom. The molecule has 1 aliphatic rings. The number of carboxylic acids is 1. The van der Waals surface area contributed by atoms with Crippen LogP contribution >= 0.6 is 0 Å². The van der Waals surface area contributed by atoms with E-state index in [1.807, 2.05) is 25.7 Å². The van der Waals surface area contributed by atoms with E-state index in [2.05, 4.69) is 0 Å². The van der Waals surface area contributed by atoms with Gasteiger partial charge in [0.1, 0.15) is 0 Å². The van der Waals surface area contributed by atoms with Crippen LogP contribution in [-0.4, -0.2) is 58.9 Å². The van der Waals surface area contributed by atoms with E-state index in [4.69, 9.17) is 5.11 Å². The molecule has 21 heavy (non-hydrogen) atoms. The van der Waals surface area contributed by atoms with Crippen LogP contribution < -0.4 is 0 Å². The lowest BCUT2D eigenvalue weighted by atomic mass is 9.94. The lowest BCUT2D eigenvalue weighted by molar-refractivity contribution is -0.143. The Morgan fingerprint density at radius 2 is 1.81 bits per heavy atom. The van der Waals surface area contributed by atoms with Crippen molar-refractivity contribution in [2.45, 2.75) is 40.0 Å². The van der Waals surface area contributed by atoms with Gasteiger partial charge in [0.2, 0.25) is 11.8 Å². The minimum Gasteiger partial charge on any atom is -0.481 e. The fourth-order valence-electron chi connectivity index (χ4n) is 2.62. The second-order valence-electron chi connectivity index (χ2n) is 5.82. The molecule has 0 unspecified atom stereocenters. The number of rotatable bonds is 6. The minimum atomic E-state index is -0.890. The maximum Gasteiger partial charge on any atom is 0.305 e. The van der Waals surface area contributed by atoms with Gasteiger partial charge in [0.05, 0.1) is 6.42 Å². The summed E-state index contributed by atoms with van der Waals surface area (Å²) in [4.78, 5) is 38.3. The fourth-order valence-corrected chi connectivity index (χ4v) is 2.62. The van der Waals surface area contributed by atoms with E-state index in [0.29, 0.717) is 32.5 Å². The molecule has 1 saturated heterocycles. The molecule has 0 aromatic rings. The van der Waals surface area contributed by atoms with Gasteiger partial charge in [-0.2, -0.15) is 0 Å². The predicted octanol–water partition coefficient (Wildman–Crippen LogP) is 1.20. The van der Waals surface area contributed by atoms with Crippen LogP contribution in [0.1, 0.15) is 40.0 Å². The number of carbonyl (C=O) groups is 3. The zero-order chi connectivity index (χ0) is 16.0. The first-order valence-electron chi connectivity index (χ1n) is 7.66. The molecule has 6 nitrogen and oxygen atoms in total. The molecule has 0 aromatic carbocycles. The Kier molecular flexibility index (Phi) is 6.65. The van der Waals surface area contributed by atoms with Gasteiger partial charge in [0, 0.05) is 38.0 Å². The SMILES string of the molecule is CCN(CCC(=O)O)C(=O)C1CCN(C(=O)C(C)C)CC1. The van der Waals surface area contributed by atoms with Gasteiger partial charge in [-0.3, -0.25) is 14.4 Å². The molecule has 1 aliphatic heterocycles. The molecule has 1 fully saturated rings. The molecular formula is C15H26N2O4. The summed E-state index contributed by atoms with van der Waals surface area (Å²) in [5.41, 5.74) is 0. The summed E-state index contributed by atoms with van der Waals surface area (Å²) in [5, 5.41) is 8.72. The number of amides is 2. The van der Waals surface area contributed by atoms with Crippen molar-refractivity contribution in [3.05, 3.63) is 0 Å². The van der Waals surface area contributed by atoms with E-state index in [0.717, 1.165) is 0 Å². The molecule has 1 N–H and O–H groups in total. The van der Waals surface area contributed by atoms with E-state index >= 15 is 0 Å². The van der Waals surface area contributed by atoms with Crippen molar-refractivity contribution in [3.8, 4) is 0 Å². The summed E-state index contributed by atoms with van der Waals surface area (Å²) in [5.74, 6) is -0.831. The first-order valence-corrected chi connectivity index (χ1v) is 7.66. The summed E-state index contributed by atoms with van der Waals surface area (Å²) in [6.07, 6.45) is 1.31. The summed E-state index contributed by atoms with van der Waals surface area (Å²) >= 11 is 0. The quantitative estimate of drug-likeness (QED) is 0.799. The average Bonchev–Trinajstić information content (AvgIpc) is 2.46. The summed E-state index contributed by atoms with van der Waals surface area (Å²) in [6.45, 7) is 7.63. The molecule has 120 valence electrons. The highest BCUT2D eigenvalue weighted by Crippen LogP contribution is 2.21. The second-order valence-corrected chi connectivity index (χ2v) is 5.82. The maximum absolute atomic E-state index is 12.4. The number of nitrogens with zero attached hydrogens (tertiary/aromatic N) is 2. The molecule has 0 aromatic heterocycles. The zero-order valence-electron chi connectivity index (χ0n) is 13.2. The zero-order valence-corrected chi connectivity index (χ0v) is 13.2. The van der Waals surface area contributed by atoms with Crippen LogP contribution in [0, 0.1) is 11.8 Å². The number of carboxylic acid groups (broad SMARTS) is 1. The molecule has 0 atom stereocenters. The first-order chi connectivity index (χ1) is 9.86. The van der Waals surface area contributed by atoms with Crippen molar-refractivity contribution in [1.82, 2.24) is 9.80 Å². The number of piperidine rings is 1. The van der Waals surface area contributed by atoms with Crippen LogP contribution in [0.3, 0.4) is 0 Å². The Balaban J connectivity index is 2.50. The van der Waals surface area contributed by atoms with E-state index in [1.165, 1.54) is 0 Å². The standard InChI is InChI=1S/C15H26N2O4/c1-4-16(10-7-13(18)19)15(21)12-5-8-17(9-6-12)14(20)11(2)3/h11-12H,4-10H2,1-3H3,(H,18,19). The van der Waals surface area contributed by atoms with Crippen molar-refractivity contribution in [2.24, 2.45) is 11.8 Å². The van der Waals surface area contributed by atoms with Crippen LogP contribution in [0.4, 0.5) is 0 Å². The van der Waals surface area contributed by atoms with Gasteiger partial charge in [-0.05, 0) is 19.8 Å². The van der Waals surface area contributed by atoms with Crippen LogP contribution in [-0.2, 0) is 14.4 Å². The summed E-state index contributed by atoms with van der Waals surface area (Å²) in [7, 11) is 0. The number of likely N-dealkylation sites (tertiary alicyclic amines) is 1. The number of aliphatic carboxylic acids is 1. The monoisotopic (exact) mass is 298 g/mol. The molecule has 6 heteroatoms. The Morgan fingerprint density at radius 3 is 2.24 bits per heavy atom. The lowest BCUT2D eigenvalue weighted by Gasteiger charge is -2.34. The Labute approximate surface area is 126 Å². The third-order valence-electron chi connectivity index (χ3n) is 3.94. The van der Waals surface area contributed by atoms with E-state index < -0.39 is 5.97 Å². The van der Waals surface area contributed by atoms with Gasteiger partial charge < -0.3 is 14.9 Å². The number of hydrogen-bond acceptors (Lipinski definition) is 3. The number of hydrogen-bond donors (Lipinski definition) is 1. The third-order valence-corrected chi connectivity index (χ3v) is 3.94. The molecule has 1 rings (SSSR count). The van der Waals surface area contributed by atoms with E-state index in [1.54, 1.807) is 4.90 Å². The molecule has 0 spiro atoms. The Hall–Kier alpha value is -1.59. The van der Waals surface area contributed by atoms with Crippen molar-refractivity contribution in [3.63, 3.8) is 0 Å². The predicted molar refractivity (Wildman–Crippen MR) is 78.6 cm³/mol. The highest BCUT2D eigenvalue weighted by Gasteiger charge is 2.30. The van der Waals surface area contributed by atoms with Crippen molar-refractivity contribution >= 4 is 17.8 Å². The molecule has 0 saturated carbocycles. The minimum absolute atomic E-state index is 0.0139. The normalized spacial score (nSPS) is 16.1. The van der Waals surface area contributed by atoms with Gasteiger partial charge in [0.15, 0.2) is 0 Å². The number of carbonyl (C=O) groups excluding carboxylic acids is 2. The fraction of sp³-hybridized carbons (Fsp3) is 0.800. The third kappa shape index (κ3) is 5.02. The van der Waals surface area contributed by atoms with Crippen LogP contribution in [0.2, 0.25) is 0 Å². The van der Waals surface area contributed by atoms with E-state index in [9.17, 15) is 14.4 Å². The Bertz CT molecular complexity index is 387. The van der Waals surface area contributed by atoms with Crippen LogP contribution in [0.15, 0.2) is 0 Å². The topological polar surface area (TPSA) is 77.9 Å². The van der Waals surface area contributed by atoms with Crippen LogP contribution in [0.5, 0.6) is 0 Å². The van der Waals surface area contributed by atoms with Gasteiger partial charge in [-0.15, -0.1) is 0 Å². The summed E-state index contributed by atoms with van der Waals surface area (Å²) < 4.78 is 0. The van der Waals surface area contributed by atoms with Crippen molar-refractivity contribution < 1.29 is 19.5 Å². The largest absolute Gasteiger partial charge is 0.481 e. The second kappa shape index (κ2) is 8.00. The highest BCUT2D eigenvalue weighted by atomic mass is 16.4. The molecular weight excluding hydrogens is 272 g/mol. The van der Waals surface area contributed by atoms with Crippen molar-refractivity contribution in [2.75, 3.05) is 26.2 Å². The molecule has 0 radical (unpaired) electrons. The maximum atomic E-state index is 12.4. The van der Waals surface area contributed by atoms with Gasteiger partial charge in [-0.25, -0.2) is 0 Å². The molecule has 1 heterocycles. The van der Waals surface area contributed by atoms with Gasteiger partial charge >= 0.3 is 5.97 Å². The average molecular weight is 298 g/mol. The van der Waals surface area contributed by atoms with E-state index in [-0.39, 0.29) is 36.6 Å². The molecule has 2 amide bonds. The van der Waals surface area contributed by atoms with Gasteiger partial charge in [0.25, 0.3) is 0 Å². The van der Waals surface area contributed by atoms with Gasteiger partial charge in [-0.1, -0.05) is 13.8 Å².